The Balaban J connectivity index is 1.96. The standard InChI is InChI=1S/C16H22FNO2/c1-12-10-15(13-6-2-3-7-14(13)17)18(11-12)9-5-4-8-16(19)20/h2-3,6-7,12,15H,4-5,8-11H2,1H3,(H,19,20). The Bertz CT molecular complexity index is 464. The number of likely N-dealkylation sites (tertiary alicyclic amines) is 1. The van der Waals surface area contributed by atoms with Crippen LogP contribution in [0.4, 0.5) is 4.39 Å². The van der Waals surface area contributed by atoms with Gasteiger partial charge in [0.25, 0.3) is 0 Å². The van der Waals surface area contributed by atoms with Crippen molar-refractivity contribution in [2.75, 3.05) is 13.1 Å². The summed E-state index contributed by atoms with van der Waals surface area (Å²) in [4.78, 5) is 12.8. The molecule has 110 valence electrons. The molecule has 2 unspecified atom stereocenters. The van der Waals surface area contributed by atoms with E-state index in [1.807, 2.05) is 12.1 Å². The maximum atomic E-state index is 13.9. The van der Waals surface area contributed by atoms with Crippen LogP contribution in [0.2, 0.25) is 0 Å². The Morgan fingerprint density at radius 1 is 1.40 bits per heavy atom. The fourth-order valence-corrected chi connectivity index (χ4v) is 3.04. The molecule has 3 nitrogen and oxygen atoms in total. The predicted molar refractivity (Wildman–Crippen MR) is 76.0 cm³/mol. The molecule has 20 heavy (non-hydrogen) atoms. The van der Waals surface area contributed by atoms with Crippen LogP contribution in [0, 0.1) is 11.7 Å². The van der Waals surface area contributed by atoms with E-state index in [0.29, 0.717) is 12.3 Å². The minimum Gasteiger partial charge on any atom is -0.481 e. The van der Waals surface area contributed by atoms with Gasteiger partial charge in [-0.1, -0.05) is 25.1 Å². The summed E-state index contributed by atoms with van der Waals surface area (Å²) >= 11 is 0. The average molecular weight is 279 g/mol. The van der Waals surface area contributed by atoms with Crippen molar-refractivity contribution >= 4 is 5.97 Å². The molecule has 4 heteroatoms. The van der Waals surface area contributed by atoms with Crippen LogP contribution in [0.25, 0.3) is 0 Å². The van der Waals surface area contributed by atoms with Crippen LogP contribution in [0.15, 0.2) is 24.3 Å². The fourth-order valence-electron chi connectivity index (χ4n) is 3.04. The summed E-state index contributed by atoms with van der Waals surface area (Å²) in [6, 6.07) is 7.11. The van der Waals surface area contributed by atoms with E-state index in [9.17, 15) is 9.18 Å². The highest BCUT2D eigenvalue weighted by Gasteiger charge is 2.31. The highest BCUT2D eigenvalue weighted by atomic mass is 19.1. The molecule has 0 aromatic heterocycles. The van der Waals surface area contributed by atoms with Gasteiger partial charge in [-0.2, -0.15) is 0 Å². The van der Waals surface area contributed by atoms with Gasteiger partial charge in [0.2, 0.25) is 0 Å². The number of unbranched alkanes of at least 4 members (excludes halogenated alkanes) is 1. The SMILES string of the molecule is CC1CC(c2ccccc2F)N(CCCCC(=O)O)C1. The van der Waals surface area contributed by atoms with Crippen molar-refractivity contribution in [2.45, 2.75) is 38.6 Å². The molecule has 2 rings (SSSR count). The van der Waals surface area contributed by atoms with Crippen LogP contribution < -0.4 is 0 Å². The molecular formula is C16H22FNO2. The Morgan fingerprint density at radius 3 is 2.85 bits per heavy atom. The van der Waals surface area contributed by atoms with Crippen LogP contribution in [0.1, 0.15) is 44.2 Å². The Hall–Kier alpha value is -1.42. The van der Waals surface area contributed by atoms with Gasteiger partial charge in [-0.3, -0.25) is 9.69 Å². The molecule has 1 saturated heterocycles. The Labute approximate surface area is 119 Å². The van der Waals surface area contributed by atoms with E-state index in [4.69, 9.17) is 5.11 Å². The Morgan fingerprint density at radius 2 is 2.15 bits per heavy atom. The lowest BCUT2D eigenvalue weighted by Crippen LogP contribution is -2.25. The number of hydrogen-bond acceptors (Lipinski definition) is 2. The maximum Gasteiger partial charge on any atom is 0.303 e. The van der Waals surface area contributed by atoms with E-state index in [1.165, 1.54) is 6.07 Å². The number of halogens is 1. The van der Waals surface area contributed by atoms with Gasteiger partial charge in [-0.15, -0.1) is 0 Å². The number of carbonyl (C=O) groups is 1. The van der Waals surface area contributed by atoms with Gasteiger partial charge < -0.3 is 5.11 Å². The van der Waals surface area contributed by atoms with E-state index in [2.05, 4.69) is 11.8 Å². The molecular weight excluding hydrogens is 257 g/mol. The predicted octanol–water partition coefficient (Wildman–Crippen LogP) is 3.46. The van der Waals surface area contributed by atoms with E-state index in [0.717, 1.165) is 31.5 Å². The zero-order valence-corrected chi connectivity index (χ0v) is 11.9. The van der Waals surface area contributed by atoms with E-state index in [1.54, 1.807) is 6.07 Å². The minimum absolute atomic E-state index is 0.135. The normalized spacial score (nSPS) is 23.1. The van der Waals surface area contributed by atoms with Gasteiger partial charge in [0.05, 0.1) is 0 Å². The summed E-state index contributed by atoms with van der Waals surface area (Å²) in [5.74, 6) is -0.327. The molecule has 1 heterocycles. The Kier molecular flexibility index (Phi) is 5.12. The third-order valence-electron chi connectivity index (χ3n) is 3.96. The molecule has 0 amide bonds. The van der Waals surface area contributed by atoms with Crippen molar-refractivity contribution in [3.63, 3.8) is 0 Å². The lowest BCUT2D eigenvalue weighted by atomic mass is 10.0. The lowest BCUT2D eigenvalue weighted by Gasteiger charge is -2.25. The fraction of sp³-hybridized carbons (Fsp3) is 0.562. The van der Waals surface area contributed by atoms with Crippen LogP contribution in [0.5, 0.6) is 0 Å². The van der Waals surface area contributed by atoms with Gasteiger partial charge in [0, 0.05) is 24.6 Å². The van der Waals surface area contributed by atoms with Crippen molar-refractivity contribution in [3.8, 4) is 0 Å². The van der Waals surface area contributed by atoms with Gasteiger partial charge >= 0.3 is 5.97 Å². The lowest BCUT2D eigenvalue weighted by molar-refractivity contribution is -0.137. The number of carboxylic acid groups (broad SMARTS) is 1. The summed E-state index contributed by atoms with van der Waals surface area (Å²) in [6.07, 6.45) is 2.72. The molecule has 0 bridgehead atoms. The first-order chi connectivity index (χ1) is 9.58. The monoisotopic (exact) mass is 279 g/mol. The quantitative estimate of drug-likeness (QED) is 0.811. The second-order valence-electron chi connectivity index (χ2n) is 5.72. The van der Waals surface area contributed by atoms with Crippen LogP contribution >= 0.6 is 0 Å². The van der Waals surface area contributed by atoms with Crippen molar-refractivity contribution in [1.29, 1.82) is 0 Å². The van der Waals surface area contributed by atoms with E-state index < -0.39 is 5.97 Å². The summed E-state index contributed by atoms with van der Waals surface area (Å²) < 4.78 is 13.9. The second kappa shape index (κ2) is 6.84. The number of aliphatic carboxylic acids is 1. The van der Waals surface area contributed by atoms with Crippen LogP contribution in [0.3, 0.4) is 0 Å². The third-order valence-corrected chi connectivity index (χ3v) is 3.96. The van der Waals surface area contributed by atoms with E-state index in [-0.39, 0.29) is 18.3 Å². The van der Waals surface area contributed by atoms with Gasteiger partial charge in [0.15, 0.2) is 0 Å². The molecule has 0 saturated carbocycles. The first kappa shape index (κ1) is 15.0. The highest BCUT2D eigenvalue weighted by Crippen LogP contribution is 2.36. The molecule has 1 aromatic rings. The number of nitrogens with zero attached hydrogens (tertiary/aromatic N) is 1. The molecule has 0 aliphatic carbocycles. The molecule has 0 spiro atoms. The van der Waals surface area contributed by atoms with Crippen molar-refractivity contribution in [3.05, 3.63) is 35.6 Å². The smallest absolute Gasteiger partial charge is 0.303 e. The summed E-state index contributed by atoms with van der Waals surface area (Å²) in [5, 5.41) is 8.65. The highest BCUT2D eigenvalue weighted by molar-refractivity contribution is 5.66. The molecule has 2 atom stereocenters. The number of rotatable bonds is 6. The second-order valence-corrected chi connectivity index (χ2v) is 5.72. The van der Waals surface area contributed by atoms with Gasteiger partial charge in [-0.05, 0) is 37.8 Å². The maximum absolute atomic E-state index is 13.9. The summed E-state index contributed by atoms with van der Waals surface area (Å²) in [5.41, 5.74) is 0.773. The first-order valence-corrected chi connectivity index (χ1v) is 7.28. The molecule has 1 aromatic carbocycles. The van der Waals surface area contributed by atoms with Gasteiger partial charge in [-0.25, -0.2) is 4.39 Å². The zero-order valence-electron chi connectivity index (χ0n) is 11.9. The molecule has 1 aliphatic heterocycles. The average Bonchev–Trinajstić information content (AvgIpc) is 2.76. The summed E-state index contributed by atoms with van der Waals surface area (Å²) in [7, 11) is 0. The topological polar surface area (TPSA) is 40.5 Å². The molecule has 0 radical (unpaired) electrons. The van der Waals surface area contributed by atoms with Crippen LogP contribution in [-0.2, 0) is 4.79 Å². The molecule has 1 N–H and O–H groups in total. The molecule has 1 aliphatic rings. The van der Waals surface area contributed by atoms with E-state index >= 15 is 0 Å². The minimum atomic E-state index is -0.745. The van der Waals surface area contributed by atoms with Crippen molar-refractivity contribution in [2.24, 2.45) is 5.92 Å². The van der Waals surface area contributed by atoms with Crippen LogP contribution in [-0.4, -0.2) is 29.1 Å². The number of benzene rings is 1. The van der Waals surface area contributed by atoms with Crippen molar-refractivity contribution < 1.29 is 14.3 Å². The zero-order chi connectivity index (χ0) is 14.5. The van der Waals surface area contributed by atoms with Crippen molar-refractivity contribution in [1.82, 2.24) is 4.90 Å². The third kappa shape index (κ3) is 3.79. The summed E-state index contributed by atoms with van der Waals surface area (Å²) in [6.45, 7) is 3.99. The first-order valence-electron chi connectivity index (χ1n) is 7.28. The van der Waals surface area contributed by atoms with Gasteiger partial charge in [0.1, 0.15) is 5.82 Å². The largest absolute Gasteiger partial charge is 0.481 e. The number of hydrogen-bond donors (Lipinski definition) is 1. The number of carboxylic acids is 1. The molecule has 1 fully saturated rings.